The normalized spacial score (nSPS) is 37.3. The lowest BCUT2D eigenvalue weighted by atomic mass is 9.48. The SMILES string of the molecule is C=C1[C@@H](OC(=O)/C=C/c2ccccc2)CC[C@@]2(C)[C@@H](OC(C)=O)[C@H](OC(C)=O)C3=C(C)[C@@]4(O)C[C@@H]([C@@H](OC(C)=O)[C@H]12)[C@@]3(C)CO4. The number of fused-ring (bicyclic) bond motifs is 2. The second kappa shape index (κ2) is 11.9. The van der Waals surface area contributed by atoms with Gasteiger partial charge in [0.25, 0.3) is 0 Å². The number of esters is 4. The van der Waals surface area contributed by atoms with Crippen LogP contribution >= 0.6 is 0 Å². The lowest BCUT2D eigenvalue weighted by molar-refractivity contribution is -0.284. The summed E-state index contributed by atoms with van der Waals surface area (Å²) in [5, 5.41) is 11.8. The van der Waals surface area contributed by atoms with Crippen LogP contribution in [0.5, 0.6) is 0 Å². The summed E-state index contributed by atoms with van der Waals surface area (Å²) in [4.78, 5) is 51.1. The number of rotatable bonds is 6. The van der Waals surface area contributed by atoms with Crippen molar-refractivity contribution < 1.29 is 48.0 Å². The van der Waals surface area contributed by atoms with Gasteiger partial charge in [-0.25, -0.2) is 4.79 Å². The van der Waals surface area contributed by atoms with E-state index in [4.69, 9.17) is 23.7 Å². The molecular weight excluding hydrogens is 580 g/mol. The van der Waals surface area contributed by atoms with E-state index in [0.29, 0.717) is 29.6 Å². The second-order valence-electron chi connectivity index (χ2n) is 13.2. The predicted molar refractivity (Wildman–Crippen MR) is 162 cm³/mol. The fraction of sp³-hybridized carbons (Fsp3) is 0.543. The Morgan fingerprint density at radius 2 is 1.62 bits per heavy atom. The first-order valence-corrected chi connectivity index (χ1v) is 15.3. The number of hydrogen-bond donors (Lipinski definition) is 1. The highest BCUT2D eigenvalue weighted by molar-refractivity contribution is 5.87. The Morgan fingerprint density at radius 1 is 0.978 bits per heavy atom. The molecule has 2 aliphatic heterocycles. The van der Waals surface area contributed by atoms with Gasteiger partial charge in [-0.1, -0.05) is 50.8 Å². The average molecular weight is 623 g/mol. The summed E-state index contributed by atoms with van der Waals surface area (Å²) in [7, 11) is 0. The van der Waals surface area contributed by atoms with E-state index in [1.807, 2.05) is 44.2 Å². The lowest BCUT2D eigenvalue weighted by Crippen LogP contribution is -2.69. The number of hydrogen-bond acceptors (Lipinski definition) is 10. The molecule has 2 saturated carbocycles. The molecule has 5 aliphatic rings. The molecule has 0 spiro atoms. The summed E-state index contributed by atoms with van der Waals surface area (Å²) in [5.74, 6) is -5.25. The lowest BCUT2D eigenvalue weighted by Gasteiger charge is -2.64. The molecule has 3 aliphatic carbocycles. The van der Waals surface area contributed by atoms with Crippen molar-refractivity contribution in [3.8, 4) is 0 Å². The van der Waals surface area contributed by atoms with E-state index < -0.39 is 76.7 Å². The molecule has 2 heterocycles. The number of carbonyl (C=O) groups excluding carboxylic acids is 4. The smallest absolute Gasteiger partial charge is 0.331 e. The number of carbonyl (C=O) groups is 4. The molecule has 1 saturated heterocycles. The molecule has 6 rings (SSSR count). The Bertz CT molecular complexity index is 1460. The molecular formula is C35H42O10. The Morgan fingerprint density at radius 3 is 2.24 bits per heavy atom. The average Bonchev–Trinajstić information content (AvgIpc) is 2.96. The third-order valence-corrected chi connectivity index (χ3v) is 10.3. The Balaban J connectivity index is 1.64. The van der Waals surface area contributed by atoms with Crippen molar-refractivity contribution in [2.24, 2.45) is 22.7 Å². The van der Waals surface area contributed by atoms with Crippen molar-refractivity contribution in [2.45, 2.75) is 91.0 Å². The van der Waals surface area contributed by atoms with Gasteiger partial charge in [0.15, 0.2) is 11.9 Å². The molecule has 3 fully saturated rings. The third-order valence-electron chi connectivity index (χ3n) is 10.3. The maximum absolute atomic E-state index is 13.0. The van der Waals surface area contributed by atoms with E-state index in [-0.39, 0.29) is 13.0 Å². The fourth-order valence-corrected chi connectivity index (χ4v) is 8.25. The van der Waals surface area contributed by atoms with Gasteiger partial charge in [-0.3, -0.25) is 14.4 Å². The van der Waals surface area contributed by atoms with Gasteiger partial charge < -0.3 is 28.8 Å². The van der Waals surface area contributed by atoms with E-state index in [1.54, 1.807) is 13.0 Å². The molecule has 0 amide bonds. The van der Waals surface area contributed by atoms with Crippen molar-refractivity contribution in [1.29, 1.82) is 0 Å². The number of benzene rings is 1. The van der Waals surface area contributed by atoms with Crippen molar-refractivity contribution in [1.82, 2.24) is 0 Å². The van der Waals surface area contributed by atoms with Gasteiger partial charge in [0.2, 0.25) is 0 Å². The summed E-state index contributed by atoms with van der Waals surface area (Å²) < 4.78 is 30.1. The van der Waals surface area contributed by atoms with Crippen molar-refractivity contribution in [3.63, 3.8) is 0 Å². The predicted octanol–water partition coefficient (Wildman–Crippen LogP) is 4.45. The Kier molecular flexibility index (Phi) is 8.61. The van der Waals surface area contributed by atoms with Gasteiger partial charge in [0.05, 0.1) is 6.61 Å². The van der Waals surface area contributed by atoms with E-state index in [2.05, 4.69) is 6.58 Å². The van der Waals surface area contributed by atoms with Gasteiger partial charge in [0, 0.05) is 55.9 Å². The van der Waals surface area contributed by atoms with Crippen LogP contribution in [0.25, 0.3) is 6.08 Å². The second-order valence-corrected chi connectivity index (χ2v) is 13.2. The topological polar surface area (TPSA) is 135 Å². The quantitative estimate of drug-likeness (QED) is 0.210. The summed E-state index contributed by atoms with van der Waals surface area (Å²) in [6.45, 7) is 13.9. The molecule has 45 heavy (non-hydrogen) atoms. The molecule has 242 valence electrons. The van der Waals surface area contributed by atoms with Crippen molar-refractivity contribution >= 4 is 30.0 Å². The molecule has 1 aromatic carbocycles. The minimum atomic E-state index is -1.73. The standard InChI is InChI=1S/C35H42O10/c1-19-26(45-27(39)14-13-24-11-9-8-10-12-24)15-16-33(6)28(19)30(42-21(3)36)25-17-35(40)20(2)29(34(25,7)18-41-35)31(43-22(4)37)32(33)44-23(5)38/h8-14,25-26,28,30-32,40H,1,15-18H2,2-7H3/b14-13+/t25-,26-,28-,30+,31+,32-,33+,34+,35+/m0/s1. The largest absolute Gasteiger partial charge is 0.462 e. The van der Waals surface area contributed by atoms with Crippen LogP contribution in [0.3, 0.4) is 0 Å². The zero-order valence-corrected chi connectivity index (χ0v) is 26.7. The molecule has 0 aromatic heterocycles. The first-order chi connectivity index (χ1) is 21.1. The van der Waals surface area contributed by atoms with Crippen LogP contribution in [-0.2, 0) is 42.9 Å². The summed E-state index contributed by atoms with van der Waals surface area (Å²) in [6, 6.07) is 9.34. The maximum atomic E-state index is 13.0. The van der Waals surface area contributed by atoms with E-state index in [1.165, 1.54) is 26.8 Å². The molecule has 4 bridgehead atoms. The number of aliphatic hydroxyl groups is 1. The molecule has 9 atom stereocenters. The van der Waals surface area contributed by atoms with Crippen molar-refractivity contribution in [3.05, 3.63) is 65.3 Å². The van der Waals surface area contributed by atoms with Gasteiger partial charge in [-0.2, -0.15) is 0 Å². The van der Waals surface area contributed by atoms with Gasteiger partial charge in [-0.15, -0.1) is 0 Å². The monoisotopic (exact) mass is 622 g/mol. The van der Waals surface area contributed by atoms with Crippen LogP contribution in [0.1, 0.15) is 66.4 Å². The zero-order chi connectivity index (χ0) is 32.9. The minimum Gasteiger partial charge on any atom is -0.462 e. The molecule has 0 radical (unpaired) electrons. The highest BCUT2D eigenvalue weighted by atomic mass is 16.6. The molecule has 10 heteroatoms. The molecule has 10 nitrogen and oxygen atoms in total. The first kappa shape index (κ1) is 32.6. The number of ether oxygens (including phenoxy) is 5. The molecule has 0 unspecified atom stereocenters. The zero-order valence-electron chi connectivity index (χ0n) is 26.7. The molecule has 1 aromatic rings. The third kappa shape index (κ3) is 5.74. The van der Waals surface area contributed by atoms with E-state index >= 15 is 0 Å². The van der Waals surface area contributed by atoms with Crippen LogP contribution in [0.15, 0.2) is 59.7 Å². The molecule has 1 N–H and O–H groups in total. The van der Waals surface area contributed by atoms with Gasteiger partial charge in [-0.05, 0) is 48.1 Å². The minimum absolute atomic E-state index is 0.0434. The van der Waals surface area contributed by atoms with Crippen LogP contribution in [0.4, 0.5) is 0 Å². The highest BCUT2D eigenvalue weighted by Gasteiger charge is 2.69. The Labute approximate surface area is 263 Å². The maximum Gasteiger partial charge on any atom is 0.331 e. The summed E-state index contributed by atoms with van der Waals surface area (Å²) >= 11 is 0. The van der Waals surface area contributed by atoms with Crippen LogP contribution in [-0.4, -0.2) is 65.8 Å². The fourth-order valence-electron chi connectivity index (χ4n) is 8.25. The van der Waals surface area contributed by atoms with Crippen LogP contribution < -0.4 is 0 Å². The summed E-state index contributed by atoms with van der Waals surface area (Å²) in [6.07, 6.45) is 0.0508. The summed E-state index contributed by atoms with van der Waals surface area (Å²) in [5.41, 5.74) is 0.503. The highest BCUT2D eigenvalue weighted by Crippen LogP contribution is 2.64. The van der Waals surface area contributed by atoms with Crippen LogP contribution in [0.2, 0.25) is 0 Å². The van der Waals surface area contributed by atoms with E-state index in [0.717, 1.165) is 5.56 Å². The van der Waals surface area contributed by atoms with E-state index in [9.17, 15) is 24.3 Å². The van der Waals surface area contributed by atoms with Crippen LogP contribution in [0, 0.1) is 22.7 Å². The van der Waals surface area contributed by atoms with Gasteiger partial charge in [0.1, 0.15) is 18.3 Å². The first-order valence-electron chi connectivity index (χ1n) is 15.3. The van der Waals surface area contributed by atoms with Gasteiger partial charge >= 0.3 is 23.9 Å². The van der Waals surface area contributed by atoms with Crippen molar-refractivity contribution in [2.75, 3.05) is 6.61 Å². The Hall–Kier alpha value is -3.76.